The number of hydrogen-bond acceptors (Lipinski definition) is 5. The van der Waals surface area contributed by atoms with Crippen molar-refractivity contribution in [2.45, 2.75) is 70.2 Å². The van der Waals surface area contributed by atoms with Crippen molar-refractivity contribution < 1.29 is 9.53 Å². The molecule has 1 saturated heterocycles. The first kappa shape index (κ1) is 15.4. The zero-order chi connectivity index (χ0) is 15.7. The van der Waals surface area contributed by atoms with E-state index in [1.54, 1.807) is 0 Å². The van der Waals surface area contributed by atoms with E-state index in [9.17, 15) is 4.79 Å². The summed E-state index contributed by atoms with van der Waals surface area (Å²) in [7, 11) is 0. The molecule has 2 aliphatic rings. The number of nitrogens with one attached hydrogen (secondary N) is 1. The van der Waals surface area contributed by atoms with Crippen LogP contribution in [0.3, 0.4) is 0 Å². The van der Waals surface area contributed by atoms with E-state index in [4.69, 9.17) is 10.5 Å². The third-order valence-corrected chi connectivity index (χ3v) is 4.39. The first-order chi connectivity index (χ1) is 10.6. The molecule has 22 heavy (non-hydrogen) atoms. The number of nitrogens with two attached hydrogens (primary N) is 1. The highest BCUT2D eigenvalue weighted by molar-refractivity contribution is 5.81. The zero-order valence-electron chi connectivity index (χ0n) is 13.3. The van der Waals surface area contributed by atoms with Crippen LogP contribution in [-0.2, 0) is 16.1 Å². The summed E-state index contributed by atoms with van der Waals surface area (Å²) in [5, 5.41) is 7.62. The Bertz CT molecular complexity index is 542. The molecule has 3 rings (SSSR count). The normalized spacial score (nSPS) is 27.9. The van der Waals surface area contributed by atoms with Crippen LogP contribution < -0.4 is 11.1 Å². The fraction of sp³-hybridized carbons (Fsp3) is 0.800. The van der Waals surface area contributed by atoms with Crippen molar-refractivity contribution in [2.24, 2.45) is 5.73 Å². The van der Waals surface area contributed by atoms with E-state index in [1.165, 1.54) is 0 Å². The summed E-state index contributed by atoms with van der Waals surface area (Å²) in [6.45, 7) is 5.50. The Labute approximate surface area is 130 Å². The molecule has 0 saturated carbocycles. The average Bonchev–Trinajstić information content (AvgIpc) is 3.14. The number of aromatic nitrogens is 3. The van der Waals surface area contributed by atoms with Gasteiger partial charge in [0.25, 0.3) is 0 Å². The van der Waals surface area contributed by atoms with Crippen molar-refractivity contribution in [2.75, 3.05) is 6.54 Å². The van der Waals surface area contributed by atoms with Gasteiger partial charge in [0, 0.05) is 19.0 Å². The minimum atomic E-state index is -0.378. The van der Waals surface area contributed by atoms with Crippen LogP contribution in [0.15, 0.2) is 0 Å². The van der Waals surface area contributed by atoms with Crippen molar-refractivity contribution in [1.82, 2.24) is 20.1 Å². The second kappa shape index (κ2) is 6.34. The maximum atomic E-state index is 12.4. The Kier molecular flexibility index (Phi) is 4.44. The molecule has 122 valence electrons. The zero-order valence-corrected chi connectivity index (χ0v) is 13.3. The molecule has 1 unspecified atom stereocenters. The number of carbonyl (C=O) groups is 1. The molecule has 0 aromatic carbocycles. The molecule has 0 radical (unpaired) electrons. The summed E-state index contributed by atoms with van der Waals surface area (Å²) in [6.07, 6.45) is 3.12. The van der Waals surface area contributed by atoms with E-state index in [-0.39, 0.29) is 30.1 Å². The van der Waals surface area contributed by atoms with Gasteiger partial charge < -0.3 is 15.8 Å². The van der Waals surface area contributed by atoms with Crippen molar-refractivity contribution in [1.29, 1.82) is 0 Å². The maximum Gasteiger partial charge on any atom is 0.249 e. The predicted octanol–water partition coefficient (Wildman–Crippen LogP) is 0.859. The van der Waals surface area contributed by atoms with Gasteiger partial charge in [0.2, 0.25) is 5.91 Å². The molecule has 1 fully saturated rings. The highest BCUT2D eigenvalue weighted by atomic mass is 16.5. The maximum absolute atomic E-state index is 12.4. The van der Waals surface area contributed by atoms with Crippen molar-refractivity contribution in [3.63, 3.8) is 0 Å². The third-order valence-electron chi connectivity index (χ3n) is 4.39. The van der Waals surface area contributed by atoms with E-state index < -0.39 is 0 Å². The summed E-state index contributed by atoms with van der Waals surface area (Å²) >= 11 is 0. The van der Waals surface area contributed by atoms with Crippen LogP contribution in [0.25, 0.3) is 0 Å². The summed E-state index contributed by atoms with van der Waals surface area (Å²) in [4.78, 5) is 17.0. The Balaban J connectivity index is 1.68. The summed E-state index contributed by atoms with van der Waals surface area (Å²) in [5.41, 5.74) is 5.60. The van der Waals surface area contributed by atoms with Crippen molar-refractivity contribution in [3.8, 4) is 0 Å². The van der Waals surface area contributed by atoms with Gasteiger partial charge in [-0.15, -0.1) is 0 Å². The molecule has 7 heteroatoms. The van der Waals surface area contributed by atoms with Gasteiger partial charge in [0.15, 0.2) is 5.82 Å². The third kappa shape index (κ3) is 3.01. The minimum Gasteiger partial charge on any atom is -0.364 e. The van der Waals surface area contributed by atoms with E-state index >= 15 is 0 Å². The lowest BCUT2D eigenvalue weighted by Crippen LogP contribution is -2.40. The molecular weight excluding hydrogens is 282 g/mol. The lowest BCUT2D eigenvalue weighted by molar-refractivity contribution is -0.132. The smallest absolute Gasteiger partial charge is 0.249 e. The van der Waals surface area contributed by atoms with Crippen LogP contribution in [-0.4, -0.2) is 39.4 Å². The van der Waals surface area contributed by atoms with Gasteiger partial charge in [-0.3, -0.25) is 4.79 Å². The Hall–Kier alpha value is -1.47. The molecular formula is C15H25N5O2. The highest BCUT2D eigenvalue weighted by Crippen LogP contribution is 2.26. The number of hydrogen-bond donors (Lipinski definition) is 2. The van der Waals surface area contributed by atoms with Crippen LogP contribution in [0.2, 0.25) is 0 Å². The van der Waals surface area contributed by atoms with E-state index in [0.29, 0.717) is 6.54 Å². The van der Waals surface area contributed by atoms with Crippen LogP contribution in [0.4, 0.5) is 0 Å². The predicted molar refractivity (Wildman–Crippen MR) is 81.2 cm³/mol. The number of aryl methyl sites for hydroxylation is 1. The molecule has 2 aliphatic heterocycles. The first-order valence-electron chi connectivity index (χ1n) is 8.19. The van der Waals surface area contributed by atoms with Gasteiger partial charge in [-0.25, -0.2) is 9.67 Å². The lowest BCUT2D eigenvalue weighted by atomic mass is 10.1. The van der Waals surface area contributed by atoms with Crippen molar-refractivity contribution >= 4 is 5.91 Å². The van der Waals surface area contributed by atoms with Crippen LogP contribution in [0, 0.1) is 0 Å². The average molecular weight is 307 g/mol. The number of ether oxygens (including phenoxy) is 1. The summed E-state index contributed by atoms with van der Waals surface area (Å²) in [6, 6.07) is -0.0678. The van der Waals surface area contributed by atoms with Crippen LogP contribution in [0.5, 0.6) is 0 Å². The second-order valence-electron chi connectivity index (χ2n) is 6.47. The van der Waals surface area contributed by atoms with Gasteiger partial charge in [-0.1, -0.05) is 13.8 Å². The fourth-order valence-electron chi connectivity index (χ4n) is 3.09. The Morgan fingerprint density at radius 2 is 2.27 bits per heavy atom. The Morgan fingerprint density at radius 3 is 2.95 bits per heavy atom. The largest absolute Gasteiger partial charge is 0.364 e. The molecule has 0 bridgehead atoms. The summed E-state index contributed by atoms with van der Waals surface area (Å²) < 4.78 is 7.60. The minimum absolute atomic E-state index is 0.0123. The van der Waals surface area contributed by atoms with Gasteiger partial charge in [-0.05, 0) is 25.7 Å². The quantitative estimate of drug-likeness (QED) is 0.860. The number of fused-ring (bicyclic) bond motifs is 1. The molecule has 3 N–H and O–H groups in total. The fourth-order valence-corrected chi connectivity index (χ4v) is 3.09. The van der Waals surface area contributed by atoms with Crippen LogP contribution >= 0.6 is 0 Å². The summed E-state index contributed by atoms with van der Waals surface area (Å²) in [5.74, 6) is 1.95. The van der Waals surface area contributed by atoms with Gasteiger partial charge in [-0.2, -0.15) is 5.10 Å². The molecule has 0 aliphatic carbocycles. The van der Waals surface area contributed by atoms with Crippen LogP contribution in [0.1, 0.15) is 63.1 Å². The number of nitrogens with zero attached hydrogens (tertiary/aromatic N) is 3. The molecule has 7 nitrogen and oxygen atoms in total. The number of carbonyl (C=O) groups excluding carboxylic acids is 1. The number of amides is 1. The lowest BCUT2D eigenvalue weighted by Gasteiger charge is -2.24. The number of rotatable bonds is 4. The van der Waals surface area contributed by atoms with E-state index in [2.05, 4.69) is 29.2 Å². The molecule has 1 amide bonds. The SMILES string of the molecule is CC(C)c1nc2n(n1)CCCC2NC(=O)[C@@H]1CC[C@H](CN)O1. The van der Waals surface area contributed by atoms with E-state index in [0.717, 1.165) is 43.9 Å². The second-order valence-corrected chi connectivity index (χ2v) is 6.47. The standard InChI is InChI=1S/C15H25N5O2/c1-9(2)13-18-14-11(4-3-7-20(14)19-13)17-15(21)12-6-5-10(8-16)22-12/h9-12H,3-8,16H2,1-2H3,(H,17,21)/t10-,11?,12+/m1/s1. The van der Waals surface area contributed by atoms with Gasteiger partial charge >= 0.3 is 0 Å². The molecule has 3 heterocycles. The molecule has 0 spiro atoms. The first-order valence-corrected chi connectivity index (χ1v) is 8.19. The topological polar surface area (TPSA) is 95.1 Å². The Morgan fingerprint density at radius 1 is 1.45 bits per heavy atom. The molecule has 3 atom stereocenters. The monoisotopic (exact) mass is 307 g/mol. The molecule has 1 aromatic rings. The van der Waals surface area contributed by atoms with Crippen molar-refractivity contribution in [3.05, 3.63) is 11.6 Å². The molecule has 1 aromatic heterocycles. The highest BCUT2D eigenvalue weighted by Gasteiger charge is 2.33. The van der Waals surface area contributed by atoms with Gasteiger partial charge in [0.05, 0.1) is 12.1 Å². The van der Waals surface area contributed by atoms with E-state index in [1.807, 2.05) is 4.68 Å². The van der Waals surface area contributed by atoms with Gasteiger partial charge in [0.1, 0.15) is 11.9 Å².